The van der Waals surface area contributed by atoms with Gasteiger partial charge in [0.25, 0.3) is 0 Å². The van der Waals surface area contributed by atoms with Crippen molar-refractivity contribution < 1.29 is 9.53 Å². The molecule has 0 bridgehead atoms. The van der Waals surface area contributed by atoms with Crippen molar-refractivity contribution in [2.24, 2.45) is 5.92 Å². The summed E-state index contributed by atoms with van der Waals surface area (Å²) in [6, 6.07) is 8.06. The number of ether oxygens (including phenoxy) is 1. The van der Waals surface area contributed by atoms with E-state index in [0.717, 1.165) is 68.3 Å². The summed E-state index contributed by atoms with van der Waals surface area (Å²) in [5, 5.41) is 9.02. The van der Waals surface area contributed by atoms with Gasteiger partial charge in [0.05, 0.1) is 5.92 Å². The van der Waals surface area contributed by atoms with Gasteiger partial charge in [-0.15, -0.1) is 10.2 Å². The lowest BCUT2D eigenvalue weighted by molar-refractivity contribution is -0.138. The Labute approximate surface area is 165 Å². The van der Waals surface area contributed by atoms with Gasteiger partial charge in [-0.05, 0) is 43.7 Å². The third-order valence-electron chi connectivity index (χ3n) is 6.46. The second-order valence-electron chi connectivity index (χ2n) is 8.38. The van der Waals surface area contributed by atoms with Crippen LogP contribution in [-0.4, -0.2) is 45.3 Å². The molecule has 6 nitrogen and oxygen atoms in total. The second kappa shape index (κ2) is 7.57. The average Bonchev–Trinajstić information content (AvgIpc) is 3.01. The molecule has 1 aromatic carbocycles. The van der Waals surface area contributed by atoms with Gasteiger partial charge in [-0.2, -0.15) is 0 Å². The third-order valence-corrected chi connectivity index (χ3v) is 6.46. The van der Waals surface area contributed by atoms with Crippen molar-refractivity contribution in [3.05, 3.63) is 41.5 Å². The number of likely N-dealkylation sites (tertiary alicyclic amines) is 1. The molecular weight excluding hydrogens is 352 g/mol. The highest BCUT2D eigenvalue weighted by Crippen LogP contribution is 2.31. The van der Waals surface area contributed by atoms with Gasteiger partial charge in [-0.1, -0.05) is 24.6 Å². The molecule has 3 aliphatic heterocycles. The predicted octanol–water partition coefficient (Wildman–Crippen LogP) is 2.96. The first-order valence-corrected chi connectivity index (χ1v) is 10.7. The first-order valence-electron chi connectivity index (χ1n) is 10.7. The number of amides is 1. The monoisotopic (exact) mass is 380 g/mol. The molecule has 2 atom stereocenters. The van der Waals surface area contributed by atoms with Gasteiger partial charge in [-0.25, -0.2) is 0 Å². The molecule has 2 unspecified atom stereocenters. The topological polar surface area (TPSA) is 60.2 Å². The van der Waals surface area contributed by atoms with E-state index in [1.165, 1.54) is 19.3 Å². The zero-order valence-electron chi connectivity index (χ0n) is 16.3. The minimum Gasteiger partial charge on any atom is -0.492 e. The first kappa shape index (κ1) is 17.7. The smallest absolute Gasteiger partial charge is 0.229 e. The fraction of sp³-hybridized carbons (Fsp3) is 0.591. The number of hydrogen-bond donors (Lipinski definition) is 0. The molecule has 0 N–H and O–H groups in total. The Morgan fingerprint density at radius 3 is 2.96 bits per heavy atom. The molecule has 1 saturated heterocycles. The largest absolute Gasteiger partial charge is 0.492 e. The number of rotatable bonds is 2. The van der Waals surface area contributed by atoms with Crippen molar-refractivity contribution in [1.29, 1.82) is 0 Å². The Morgan fingerprint density at radius 2 is 2.00 bits per heavy atom. The Hall–Kier alpha value is -2.37. The fourth-order valence-corrected chi connectivity index (χ4v) is 4.94. The Balaban J connectivity index is 1.30. The van der Waals surface area contributed by atoms with Crippen molar-refractivity contribution in [2.45, 2.75) is 57.4 Å². The highest BCUT2D eigenvalue weighted by Gasteiger charge is 2.34. The van der Waals surface area contributed by atoms with Crippen LogP contribution in [0, 0.1) is 5.92 Å². The van der Waals surface area contributed by atoms with Gasteiger partial charge in [0.1, 0.15) is 24.0 Å². The van der Waals surface area contributed by atoms with Crippen LogP contribution in [0.25, 0.3) is 0 Å². The van der Waals surface area contributed by atoms with Crippen LogP contribution in [0.2, 0.25) is 0 Å². The SMILES string of the molecule is O=C(C1COc2ccccc2C1)N1CCCC(c2nnc3n2CCCCC3)C1. The summed E-state index contributed by atoms with van der Waals surface area (Å²) >= 11 is 0. The summed E-state index contributed by atoms with van der Waals surface area (Å²) in [6.45, 7) is 3.11. The number of para-hydroxylation sites is 1. The molecule has 3 aliphatic rings. The van der Waals surface area contributed by atoms with E-state index in [-0.39, 0.29) is 11.8 Å². The Kier molecular flexibility index (Phi) is 4.79. The number of piperidine rings is 1. The zero-order chi connectivity index (χ0) is 18.9. The molecule has 28 heavy (non-hydrogen) atoms. The maximum atomic E-state index is 13.2. The third kappa shape index (κ3) is 3.29. The van der Waals surface area contributed by atoms with Crippen LogP contribution in [0.5, 0.6) is 5.75 Å². The average molecular weight is 380 g/mol. The normalized spacial score (nSPS) is 24.6. The van der Waals surface area contributed by atoms with Crippen LogP contribution in [0.15, 0.2) is 24.3 Å². The Morgan fingerprint density at radius 1 is 1.07 bits per heavy atom. The highest BCUT2D eigenvalue weighted by molar-refractivity contribution is 5.80. The maximum Gasteiger partial charge on any atom is 0.229 e. The van der Waals surface area contributed by atoms with Gasteiger partial charge in [0, 0.05) is 32.0 Å². The molecule has 2 aromatic rings. The van der Waals surface area contributed by atoms with Gasteiger partial charge < -0.3 is 14.2 Å². The molecule has 0 aliphatic carbocycles. The Bertz CT molecular complexity index is 862. The van der Waals surface area contributed by atoms with E-state index in [9.17, 15) is 4.79 Å². The van der Waals surface area contributed by atoms with E-state index >= 15 is 0 Å². The van der Waals surface area contributed by atoms with E-state index in [1.54, 1.807) is 0 Å². The molecule has 1 aromatic heterocycles. The first-order chi connectivity index (χ1) is 13.8. The molecule has 5 rings (SSSR count). The van der Waals surface area contributed by atoms with Crippen LogP contribution in [0.4, 0.5) is 0 Å². The number of aromatic nitrogens is 3. The lowest BCUT2D eigenvalue weighted by Gasteiger charge is -2.36. The lowest BCUT2D eigenvalue weighted by Crippen LogP contribution is -2.45. The van der Waals surface area contributed by atoms with Gasteiger partial charge in [-0.3, -0.25) is 4.79 Å². The number of hydrogen-bond acceptors (Lipinski definition) is 4. The highest BCUT2D eigenvalue weighted by atomic mass is 16.5. The van der Waals surface area contributed by atoms with Crippen LogP contribution < -0.4 is 4.74 Å². The van der Waals surface area contributed by atoms with Crippen LogP contribution in [0.3, 0.4) is 0 Å². The molecule has 1 amide bonds. The predicted molar refractivity (Wildman–Crippen MR) is 105 cm³/mol. The summed E-state index contributed by atoms with van der Waals surface area (Å²) in [5.74, 6) is 3.61. The number of carbonyl (C=O) groups is 1. The van der Waals surface area contributed by atoms with Crippen molar-refractivity contribution in [3.63, 3.8) is 0 Å². The molecule has 148 valence electrons. The molecule has 0 spiro atoms. The molecular formula is C22H28N4O2. The summed E-state index contributed by atoms with van der Waals surface area (Å²) in [6.07, 6.45) is 7.59. The van der Waals surface area contributed by atoms with E-state index in [2.05, 4.69) is 25.7 Å². The molecule has 0 saturated carbocycles. The van der Waals surface area contributed by atoms with Crippen molar-refractivity contribution in [1.82, 2.24) is 19.7 Å². The van der Waals surface area contributed by atoms with E-state index in [4.69, 9.17) is 4.74 Å². The summed E-state index contributed by atoms with van der Waals surface area (Å²) in [5.41, 5.74) is 1.14. The number of nitrogens with zero attached hydrogens (tertiary/aromatic N) is 4. The van der Waals surface area contributed by atoms with Crippen LogP contribution in [0.1, 0.15) is 55.2 Å². The van der Waals surface area contributed by atoms with Crippen molar-refractivity contribution in [3.8, 4) is 5.75 Å². The van der Waals surface area contributed by atoms with Crippen LogP contribution >= 0.6 is 0 Å². The fourth-order valence-electron chi connectivity index (χ4n) is 4.94. The minimum atomic E-state index is -0.0795. The standard InChI is InChI=1S/C22H28N4O2/c27-22(18-13-16-7-3-4-9-19(16)28-15-18)25-11-6-8-17(14-25)21-24-23-20-10-2-1-5-12-26(20)21/h3-4,7,9,17-18H,1-2,5-6,8,10-15H2. The van der Waals surface area contributed by atoms with Gasteiger partial charge in [0.15, 0.2) is 0 Å². The maximum absolute atomic E-state index is 13.2. The zero-order valence-corrected chi connectivity index (χ0v) is 16.3. The molecule has 1 fully saturated rings. The van der Waals surface area contributed by atoms with Gasteiger partial charge >= 0.3 is 0 Å². The van der Waals surface area contributed by atoms with Gasteiger partial charge in [0.2, 0.25) is 5.91 Å². The summed E-state index contributed by atoms with van der Waals surface area (Å²) in [4.78, 5) is 15.3. The van der Waals surface area contributed by atoms with Crippen LogP contribution in [-0.2, 0) is 24.2 Å². The van der Waals surface area contributed by atoms with E-state index in [0.29, 0.717) is 12.5 Å². The van der Waals surface area contributed by atoms with Crippen molar-refractivity contribution >= 4 is 5.91 Å². The van der Waals surface area contributed by atoms with E-state index < -0.39 is 0 Å². The number of benzene rings is 1. The second-order valence-corrected chi connectivity index (χ2v) is 8.38. The summed E-state index contributed by atoms with van der Waals surface area (Å²) < 4.78 is 8.20. The molecule has 6 heteroatoms. The number of carbonyl (C=O) groups excluding carboxylic acids is 1. The number of fused-ring (bicyclic) bond motifs is 2. The van der Waals surface area contributed by atoms with Crippen molar-refractivity contribution in [2.75, 3.05) is 19.7 Å². The van der Waals surface area contributed by atoms with E-state index in [1.807, 2.05) is 18.2 Å². The number of aryl methyl sites for hydroxylation is 1. The molecule has 0 radical (unpaired) electrons. The quantitative estimate of drug-likeness (QED) is 0.804. The molecule has 4 heterocycles. The minimum absolute atomic E-state index is 0.0795. The lowest BCUT2D eigenvalue weighted by atomic mass is 9.92. The summed E-state index contributed by atoms with van der Waals surface area (Å²) in [7, 11) is 0.